The number of anilines is 1. The first-order chi connectivity index (χ1) is 16.1. The Morgan fingerprint density at radius 3 is 2.41 bits per heavy atom. The SMILES string of the molecule is CCOC(=O)c1c(C)oc2nc(COC(=O)c3ccc(S(=O)(=O)NC(C)CC)cc3)nc(N)c12. The summed E-state index contributed by atoms with van der Waals surface area (Å²) < 4.78 is 43.0. The van der Waals surface area contributed by atoms with E-state index < -0.39 is 22.0 Å². The van der Waals surface area contributed by atoms with Crippen LogP contribution in [0.25, 0.3) is 11.1 Å². The number of nitrogens with one attached hydrogen (secondary N) is 1. The maximum Gasteiger partial charge on any atom is 0.342 e. The Bertz CT molecular complexity index is 1320. The second-order valence-electron chi connectivity index (χ2n) is 7.49. The monoisotopic (exact) mass is 490 g/mol. The number of sulfonamides is 1. The summed E-state index contributed by atoms with van der Waals surface area (Å²) >= 11 is 0. The van der Waals surface area contributed by atoms with Gasteiger partial charge in [0.15, 0.2) is 12.4 Å². The zero-order valence-corrected chi connectivity index (χ0v) is 20.1. The third-order valence-electron chi connectivity index (χ3n) is 4.98. The summed E-state index contributed by atoms with van der Waals surface area (Å²) in [5.41, 5.74) is 6.37. The van der Waals surface area contributed by atoms with E-state index in [-0.39, 0.29) is 63.8 Å². The lowest BCUT2D eigenvalue weighted by atomic mass is 10.2. The summed E-state index contributed by atoms with van der Waals surface area (Å²) in [5.74, 6) is -0.970. The van der Waals surface area contributed by atoms with Crippen LogP contribution in [0.5, 0.6) is 0 Å². The summed E-state index contributed by atoms with van der Waals surface area (Å²) in [7, 11) is -3.69. The van der Waals surface area contributed by atoms with E-state index >= 15 is 0 Å². The molecule has 0 saturated carbocycles. The van der Waals surface area contributed by atoms with E-state index in [4.69, 9.17) is 19.6 Å². The van der Waals surface area contributed by atoms with Crippen LogP contribution in [0.4, 0.5) is 5.82 Å². The fraction of sp³-hybridized carbons (Fsp3) is 0.364. The molecule has 0 aliphatic heterocycles. The maximum absolute atomic E-state index is 12.4. The molecule has 12 heteroatoms. The number of furan rings is 1. The van der Waals surface area contributed by atoms with E-state index in [0.717, 1.165) is 0 Å². The Hall–Kier alpha value is -3.51. The van der Waals surface area contributed by atoms with Crippen LogP contribution in [0.2, 0.25) is 0 Å². The van der Waals surface area contributed by atoms with Crippen molar-refractivity contribution in [2.45, 2.75) is 51.7 Å². The number of carbonyl (C=O) groups excluding carboxylic acids is 2. The Kier molecular flexibility index (Phi) is 7.52. The van der Waals surface area contributed by atoms with E-state index in [1.807, 2.05) is 6.92 Å². The van der Waals surface area contributed by atoms with Gasteiger partial charge in [0.1, 0.15) is 17.1 Å². The van der Waals surface area contributed by atoms with Crippen LogP contribution in [-0.2, 0) is 26.1 Å². The Morgan fingerprint density at radius 2 is 1.79 bits per heavy atom. The van der Waals surface area contributed by atoms with Gasteiger partial charge in [0.05, 0.1) is 22.5 Å². The highest BCUT2D eigenvalue weighted by molar-refractivity contribution is 7.89. The number of ether oxygens (including phenoxy) is 2. The van der Waals surface area contributed by atoms with E-state index in [9.17, 15) is 18.0 Å². The van der Waals surface area contributed by atoms with Gasteiger partial charge in [0.25, 0.3) is 0 Å². The van der Waals surface area contributed by atoms with Crippen molar-refractivity contribution in [3.63, 3.8) is 0 Å². The Morgan fingerprint density at radius 1 is 1.12 bits per heavy atom. The molecule has 34 heavy (non-hydrogen) atoms. The number of esters is 2. The van der Waals surface area contributed by atoms with Gasteiger partial charge in [-0.05, 0) is 51.5 Å². The van der Waals surface area contributed by atoms with Gasteiger partial charge >= 0.3 is 11.9 Å². The van der Waals surface area contributed by atoms with Gasteiger partial charge in [-0.15, -0.1) is 0 Å². The lowest BCUT2D eigenvalue weighted by Gasteiger charge is -2.12. The number of carbonyl (C=O) groups is 2. The molecule has 0 radical (unpaired) electrons. The highest BCUT2D eigenvalue weighted by Crippen LogP contribution is 2.29. The van der Waals surface area contributed by atoms with Crippen LogP contribution in [0, 0.1) is 6.92 Å². The van der Waals surface area contributed by atoms with Crippen LogP contribution < -0.4 is 10.5 Å². The smallest absolute Gasteiger partial charge is 0.342 e. The zero-order valence-electron chi connectivity index (χ0n) is 19.2. The zero-order chi connectivity index (χ0) is 25.0. The Labute approximate surface area is 196 Å². The largest absolute Gasteiger partial charge is 0.462 e. The summed E-state index contributed by atoms with van der Waals surface area (Å²) in [4.78, 5) is 32.9. The molecular weight excluding hydrogens is 464 g/mol. The van der Waals surface area contributed by atoms with Gasteiger partial charge < -0.3 is 19.6 Å². The van der Waals surface area contributed by atoms with Gasteiger partial charge in [0, 0.05) is 6.04 Å². The van der Waals surface area contributed by atoms with Gasteiger partial charge in [-0.25, -0.2) is 27.7 Å². The van der Waals surface area contributed by atoms with Gasteiger partial charge in [0.2, 0.25) is 15.7 Å². The summed E-state index contributed by atoms with van der Waals surface area (Å²) in [6.45, 7) is 6.75. The molecule has 0 bridgehead atoms. The van der Waals surface area contributed by atoms with Crippen molar-refractivity contribution in [2.75, 3.05) is 12.3 Å². The normalized spacial score (nSPS) is 12.5. The molecule has 182 valence electrons. The average molecular weight is 491 g/mol. The van der Waals surface area contributed by atoms with E-state index in [1.54, 1.807) is 20.8 Å². The predicted molar refractivity (Wildman–Crippen MR) is 123 cm³/mol. The number of rotatable bonds is 9. The van der Waals surface area contributed by atoms with Gasteiger partial charge in [-0.2, -0.15) is 4.98 Å². The molecule has 0 aliphatic carbocycles. The lowest BCUT2D eigenvalue weighted by Crippen LogP contribution is -2.32. The second kappa shape index (κ2) is 10.2. The number of nitrogens with zero attached hydrogens (tertiary/aromatic N) is 2. The average Bonchev–Trinajstić information content (AvgIpc) is 3.13. The number of aromatic nitrogens is 2. The first-order valence-corrected chi connectivity index (χ1v) is 12.1. The molecule has 3 N–H and O–H groups in total. The molecule has 0 aliphatic rings. The topological polar surface area (TPSA) is 164 Å². The van der Waals surface area contributed by atoms with Crippen LogP contribution in [0.15, 0.2) is 33.6 Å². The third kappa shape index (κ3) is 5.34. The van der Waals surface area contributed by atoms with Crippen molar-refractivity contribution in [1.82, 2.24) is 14.7 Å². The quantitative estimate of drug-likeness (QED) is 0.426. The summed E-state index contributed by atoms with van der Waals surface area (Å²) in [6, 6.07) is 5.14. The Balaban J connectivity index is 1.73. The van der Waals surface area contributed by atoms with E-state index in [2.05, 4.69) is 14.7 Å². The predicted octanol–water partition coefficient (Wildman–Crippen LogP) is 2.72. The fourth-order valence-electron chi connectivity index (χ4n) is 3.10. The minimum absolute atomic E-state index is 0.0145. The molecule has 0 fully saturated rings. The van der Waals surface area contributed by atoms with E-state index in [0.29, 0.717) is 6.42 Å². The van der Waals surface area contributed by atoms with Crippen molar-refractivity contribution in [3.05, 3.63) is 47.0 Å². The molecule has 11 nitrogen and oxygen atoms in total. The maximum atomic E-state index is 12.4. The number of benzene rings is 1. The molecule has 0 saturated heterocycles. The second-order valence-corrected chi connectivity index (χ2v) is 9.20. The fourth-order valence-corrected chi connectivity index (χ4v) is 4.42. The molecule has 1 aromatic carbocycles. The molecule has 0 amide bonds. The molecule has 2 aromatic heterocycles. The summed E-state index contributed by atoms with van der Waals surface area (Å²) in [5, 5.41) is 0.230. The van der Waals surface area contributed by atoms with E-state index in [1.165, 1.54) is 24.3 Å². The van der Waals surface area contributed by atoms with Gasteiger partial charge in [-0.1, -0.05) is 6.92 Å². The van der Waals surface area contributed by atoms with Gasteiger partial charge in [-0.3, -0.25) is 0 Å². The molecule has 0 spiro atoms. The van der Waals surface area contributed by atoms with Crippen molar-refractivity contribution in [2.24, 2.45) is 0 Å². The number of hydrogen-bond acceptors (Lipinski definition) is 10. The minimum atomic E-state index is -3.69. The number of aryl methyl sites for hydroxylation is 1. The number of nitrogen functional groups attached to an aromatic ring is 1. The number of fused-ring (bicyclic) bond motifs is 1. The molecular formula is C22H26N4O7S. The van der Waals surface area contributed by atoms with Crippen molar-refractivity contribution >= 4 is 38.9 Å². The lowest BCUT2D eigenvalue weighted by molar-refractivity contribution is 0.0461. The first kappa shape index (κ1) is 25.1. The van der Waals surface area contributed by atoms with Crippen LogP contribution >= 0.6 is 0 Å². The van der Waals surface area contributed by atoms with Crippen LogP contribution in [0.3, 0.4) is 0 Å². The van der Waals surface area contributed by atoms with Crippen molar-refractivity contribution < 1.29 is 31.9 Å². The van der Waals surface area contributed by atoms with Crippen LogP contribution in [-0.4, -0.2) is 43.0 Å². The summed E-state index contributed by atoms with van der Waals surface area (Å²) in [6.07, 6.45) is 0.643. The standard InChI is InChI=1S/C22H26N4O7S/c1-5-12(3)26-34(29,30)15-9-7-14(8-10-15)21(27)32-11-16-24-19(23)18-17(22(28)31-6-2)13(4)33-20(18)25-16/h7-10,12,26H,5-6,11H2,1-4H3,(H2,23,24,25). The highest BCUT2D eigenvalue weighted by atomic mass is 32.2. The highest BCUT2D eigenvalue weighted by Gasteiger charge is 2.24. The number of hydrogen-bond donors (Lipinski definition) is 2. The minimum Gasteiger partial charge on any atom is -0.462 e. The molecule has 1 atom stereocenters. The first-order valence-electron chi connectivity index (χ1n) is 10.6. The van der Waals surface area contributed by atoms with Crippen LogP contribution in [0.1, 0.15) is 59.5 Å². The van der Waals surface area contributed by atoms with Crippen molar-refractivity contribution in [1.29, 1.82) is 0 Å². The molecule has 1 unspecified atom stereocenters. The third-order valence-corrected chi connectivity index (χ3v) is 6.59. The van der Waals surface area contributed by atoms with Crippen molar-refractivity contribution in [3.8, 4) is 0 Å². The number of nitrogens with two attached hydrogens (primary N) is 1. The molecule has 2 heterocycles. The molecule has 3 aromatic rings. The molecule has 3 rings (SSSR count).